The fourth-order valence-electron chi connectivity index (χ4n) is 3.37. The number of carbonyl (C=O) groups is 3. The number of hydrogen-bond donors (Lipinski definition) is 5. The first kappa shape index (κ1) is 24.0. The van der Waals surface area contributed by atoms with Crippen molar-refractivity contribution in [3.8, 4) is 0 Å². The fourth-order valence-corrected chi connectivity index (χ4v) is 6.34. The first-order valence-electron chi connectivity index (χ1n) is 9.53. The van der Waals surface area contributed by atoms with Gasteiger partial charge in [-0.2, -0.15) is 0 Å². The summed E-state index contributed by atoms with van der Waals surface area (Å²) in [5.41, 5.74) is 5.57. The number of carboxylic acids is 1. The van der Waals surface area contributed by atoms with E-state index in [2.05, 4.69) is 25.7 Å². The minimum Gasteiger partial charge on any atom is -0.477 e. The average molecular weight is 527 g/mol. The Morgan fingerprint density at radius 2 is 2.18 bits per heavy atom. The molecule has 2 aliphatic rings. The molecule has 6 N–H and O–H groups in total. The number of anilines is 1. The van der Waals surface area contributed by atoms with Gasteiger partial charge in [-0.15, -0.1) is 33.3 Å². The number of aliphatic hydroxyl groups is 1. The van der Waals surface area contributed by atoms with Gasteiger partial charge < -0.3 is 31.0 Å². The molecule has 0 saturated carbocycles. The number of rotatable bonds is 8. The van der Waals surface area contributed by atoms with Crippen LogP contribution in [0, 0.1) is 0 Å². The van der Waals surface area contributed by atoms with E-state index in [0.717, 1.165) is 16.2 Å². The van der Waals surface area contributed by atoms with E-state index in [1.165, 1.54) is 28.9 Å². The molecule has 34 heavy (non-hydrogen) atoms. The molecule has 17 heteroatoms. The molecule has 1 saturated heterocycles. The number of aliphatic hydroxyl groups excluding tert-OH is 1. The Balaban J connectivity index is 1.48. The van der Waals surface area contributed by atoms with Crippen molar-refractivity contribution >= 4 is 63.5 Å². The zero-order valence-electron chi connectivity index (χ0n) is 17.4. The number of nitrogens with two attached hydrogens (primary N) is 1. The number of aliphatic carboxylic acids is 1. The molecule has 1 fully saturated rings. The monoisotopic (exact) mass is 526 g/mol. The van der Waals surface area contributed by atoms with Crippen LogP contribution in [-0.4, -0.2) is 86.5 Å². The molecule has 2 aromatic heterocycles. The van der Waals surface area contributed by atoms with Gasteiger partial charge in [0.05, 0.1) is 0 Å². The van der Waals surface area contributed by atoms with Crippen LogP contribution < -0.4 is 11.1 Å². The SMILES string of the molecule is Cn1c(CO)nnc1SCC1=C(C(=O)O)N2C(=O)C(NC(=O)/C(=N\O)c3csc(N)n3)[C@H]2SC1. The first-order chi connectivity index (χ1) is 16.3. The Hall–Kier alpha value is -3.15. The lowest BCUT2D eigenvalue weighted by Crippen LogP contribution is -2.71. The highest BCUT2D eigenvalue weighted by molar-refractivity contribution is 8.01. The molecule has 0 radical (unpaired) electrons. The van der Waals surface area contributed by atoms with E-state index < -0.39 is 34.9 Å². The maximum absolute atomic E-state index is 12.8. The topological polar surface area (TPSA) is 209 Å². The molecular weight excluding hydrogens is 508 g/mol. The summed E-state index contributed by atoms with van der Waals surface area (Å²) < 4.78 is 1.60. The number of carbonyl (C=O) groups excluding carboxylic acids is 2. The summed E-state index contributed by atoms with van der Waals surface area (Å²) in [6.07, 6.45) is 0. The van der Waals surface area contributed by atoms with Crippen LogP contribution in [-0.2, 0) is 28.0 Å². The quantitative estimate of drug-likeness (QED) is 0.0927. The zero-order valence-corrected chi connectivity index (χ0v) is 19.9. The molecule has 0 aliphatic carbocycles. The van der Waals surface area contributed by atoms with Gasteiger partial charge >= 0.3 is 5.97 Å². The lowest BCUT2D eigenvalue weighted by atomic mass is 10.0. The third-order valence-electron chi connectivity index (χ3n) is 5.06. The molecule has 180 valence electrons. The summed E-state index contributed by atoms with van der Waals surface area (Å²) in [4.78, 5) is 42.4. The van der Waals surface area contributed by atoms with Gasteiger partial charge in [0.25, 0.3) is 11.8 Å². The molecule has 0 aromatic carbocycles. The lowest BCUT2D eigenvalue weighted by Gasteiger charge is -2.49. The Morgan fingerprint density at radius 1 is 1.41 bits per heavy atom. The molecule has 14 nitrogen and oxygen atoms in total. The minimum atomic E-state index is -1.26. The highest BCUT2D eigenvalue weighted by Gasteiger charge is 2.54. The summed E-state index contributed by atoms with van der Waals surface area (Å²) in [5, 5.41) is 43.0. The number of thioether (sulfide) groups is 2. The predicted octanol–water partition coefficient (Wildman–Crippen LogP) is -0.945. The van der Waals surface area contributed by atoms with E-state index in [4.69, 9.17) is 5.73 Å². The van der Waals surface area contributed by atoms with E-state index in [-0.39, 0.29) is 28.9 Å². The normalized spacial score (nSPS) is 20.2. The molecule has 4 rings (SSSR count). The fraction of sp³-hybridized carbons (Fsp3) is 0.353. The van der Waals surface area contributed by atoms with Crippen LogP contribution in [0.4, 0.5) is 5.13 Å². The van der Waals surface area contributed by atoms with Gasteiger partial charge in [-0.25, -0.2) is 9.78 Å². The number of nitrogens with zero attached hydrogens (tertiary/aromatic N) is 6. The summed E-state index contributed by atoms with van der Waals surface area (Å²) in [7, 11) is 1.68. The molecule has 2 aliphatic heterocycles. The van der Waals surface area contributed by atoms with Crippen molar-refractivity contribution in [2.75, 3.05) is 17.2 Å². The van der Waals surface area contributed by atoms with Crippen LogP contribution >= 0.6 is 34.9 Å². The number of oxime groups is 1. The van der Waals surface area contributed by atoms with Crippen molar-refractivity contribution in [3.63, 3.8) is 0 Å². The summed E-state index contributed by atoms with van der Waals surface area (Å²) in [6, 6.07) is -1.00. The van der Waals surface area contributed by atoms with Crippen molar-refractivity contribution in [2.24, 2.45) is 12.2 Å². The van der Waals surface area contributed by atoms with Gasteiger partial charge in [-0.1, -0.05) is 16.9 Å². The largest absolute Gasteiger partial charge is 0.477 e. The second-order valence-corrected chi connectivity index (χ2v) is 9.98. The van der Waals surface area contributed by atoms with Crippen LogP contribution in [0.25, 0.3) is 0 Å². The average Bonchev–Trinajstić information content (AvgIpc) is 3.40. The number of thiazole rings is 1. The number of β-lactam (4-membered cyclic amide) rings is 1. The predicted molar refractivity (Wildman–Crippen MR) is 122 cm³/mol. The van der Waals surface area contributed by atoms with Crippen molar-refractivity contribution in [1.82, 2.24) is 30.0 Å². The zero-order chi connectivity index (χ0) is 24.6. The second kappa shape index (κ2) is 9.61. The van der Waals surface area contributed by atoms with Gasteiger partial charge in [-0.3, -0.25) is 14.5 Å². The Kier molecular flexibility index (Phi) is 6.78. The molecule has 0 bridgehead atoms. The summed E-state index contributed by atoms with van der Waals surface area (Å²) in [5.74, 6) is -1.77. The first-order valence-corrected chi connectivity index (χ1v) is 12.4. The van der Waals surface area contributed by atoms with Crippen molar-refractivity contribution < 1.29 is 29.8 Å². The van der Waals surface area contributed by atoms with Gasteiger partial charge in [0.2, 0.25) is 0 Å². The molecule has 2 amide bonds. The maximum atomic E-state index is 12.8. The van der Waals surface area contributed by atoms with Gasteiger partial charge in [0.1, 0.15) is 29.4 Å². The lowest BCUT2D eigenvalue weighted by molar-refractivity contribution is -0.150. The highest BCUT2D eigenvalue weighted by Crippen LogP contribution is 2.41. The van der Waals surface area contributed by atoms with E-state index in [1.54, 1.807) is 11.6 Å². The van der Waals surface area contributed by atoms with Crippen molar-refractivity contribution in [3.05, 3.63) is 28.2 Å². The summed E-state index contributed by atoms with van der Waals surface area (Å²) in [6.45, 7) is -0.279. The number of hydrogen-bond acceptors (Lipinski definition) is 13. The van der Waals surface area contributed by atoms with E-state index in [9.17, 15) is 29.8 Å². The minimum absolute atomic E-state index is 0.0565. The smallest absolute Gasteiger partial charge is 0.352 e. The van der Waals surface area contributed by atoms with E-state index >= 15 is 0 Å². The van der Waals surface area contributed by atoms with Crippen LogP contribution in [0.2, 0.25) is 0 Å². The van der Waals surface area contributed by atoms with E-state index in [0.29, 0.717) is 22.3 Å². The third kappa shape index (κ3) is 4.22. The number of fused-ring (bicyclic) bond motifs is 1. The van der Waals surface area contributed by atoms with Crippen LogP contribution in [0.1, 0.15) is 11.5 Å². The number of amides is 2. The van der Waals surface area contributed by atoms with Gasteiger partial charge in [-0.05, 0) is 5.57 Å². The number of carboxylic acid groups (broad SMARTS) is 1. The number of nitrogens with one attached hydrogen (secondary N) is 1. The van der Waals surface area contributed by atoms with Gasteiger partial charge in [0.15, 0.2) is 21.8 Å². The maximum Gasteiger partial charge on any atom is 0.352 e. The van der Waals surface area contributed by atoms with Crippen LogP contribution in [0.15, 0.2) is 27.0 Å². The third-order valence-corrected chi connectivity index (χ3v) is 8.18. The molecule has 4 heterocycles. The molecule has 1 unspecified atom stereocenters. The summed E-state index contributed by atoms with van der Waals surface area (Å²) >= 11 is 3.59. The Labute approximate surface area is 203 Å². The van der Waals surface area contributed by atoms with Crippen LogP contribution in [0.3, 0.4) is 0 Å². The van der Waals surface area contributed by atoms with Crippen molar-refractivity contribution in [2.45, 2.75) is 23.2 Å². The van der Waals surface area contributed by atoms with Gasteiger partial charge in [0, 0.05) is 23.9 Å². The standard InChI is InChI=1S/C17H18N8O6S3/c1-24-8(2-26)21-22-17(24)34-4-6-3-32-14-10(13(28)25(14)11(6)15(29)30)20-12(27)9(23-31)7-5-33-16(18)19-7/h5,10,14,26,31H,2-4H2,1H3,(H2,18,19)(H,20,27)(H,29,30)/b23-9-/t10?,14-/m1/s1. The molecule has 2 aromatic rings. The highest BCUT2D eigenvalue weighted by atomic mass is 32.2. The second-order valence-electron chi connectivity index (χ2n) is 7.04. The van der Waals surface area contributed by atoms with Crippen LogP contribution in [0.5, 0.6) is 0 Å². The molecule has 2 atom stereocenters. The van der Waals surface area contributed by atoms with E-state index in [1.807, 2.05) is 0 Å². The molecular formula is C17H18N8O6S3. The number of aromatic nitrogens is 4. The van der Waals surface area contributed by atoms with Crippen molar-refractivity contribution in [1.29, 1.82) is 0 Å². The number of nitrogen functional groups attached to an aromatic ring is 1. The Morgan fingerprint density at radius 3 is 2.76 bits per heavy atom. The Bertz CT molecular complexity index is 1220. The molecule has 0 spiro atoms.